The lowest BCUT2D eigenvalue weighted by atomic mass is 9.55. The highest BCUT2D eigenvalue weighted by Gasteiger charge is 2.45. The number of benzene rings is 2. The molecule has 3 rings (SSSR count). The fourth-order valence-corrected chi connectivity index (χ4v) is 5.61. The molecule has 166 valence electrons. The Morgan fingerprint density at radius 3 is 1.65 bits per heavy atom. The van der Waals surface area contributed by atoms with Gasteiger partial charge in [-0.2, -0.15) is 0 Å². The number of rotatable bonds is 4. The van der Waals surface area contributed by atoms with E-state index in [0.717, 1.165) is 24.0 Å². The molecule has 1 atom stereocenters. The van der Waals surface area contributed by atoms with E-state index < -0.39 is 0 Å². The largest absolute Gasteiger partial charge is 0.426 e. The van der Waals surface area contributed by atoms with Crippen molar-refractivity contribution in [3.8, 4) is 11.5 Å². The first kappa shape index (κ1) is 23.1. The predicted octanol–water partition coefficient (Wildman–Crippen LogP) is 6.29. The number of aryl methyl sites for hydroxylation is 2. The van der Waals surface area contributed by atoms with Crippen LogP contribution in [0.4, 0.5) is 0 Å². The first-order chi connectivity index (χ1) is 14.4. The van der Waals surface area contributed by atoms with Gasteiger partial charge in [0.1, 0.15) is 11.5 Å². The lowest BCUT2D eigenvalue weighted by Crippen LogP contribution is -2.41. The summed E-state index contributed by atoms with van der Waals surface area (Å²) in [6, 6.07) is 12.4. The third-order valence-electron chi connectivity index (χ3n) is 6.34. The minimum Gasteiger partial charge on any atom is -0.426 e. The molecule has 31 heavy (non-hydrogen) atoms. The van der Waals surface area contributed by atoms with Crippen molar-refractivity contribution in [1.82, 2.24) is 0 Å². The van der Waals surface area contributed by atoms with Crippen molar-refractivity contribution < 1.29 is 19.1 Å². The number of hydrogen-bond donors (Lipinski definition) is 0. The Hall–Kier alpha value is -2.62. The van der Waals surface area contributed by atoms with Gasteiger partial charge in [0.15, 0.2) is 0 Å². The first-order valence-corrected chi connectivity index (χ1v) is 11.0. The summed E-state index contributed by atoms with van der Waals surface area (Å²) in [5.74, 6) is 1.15. The van der Waals surface area contributed by atoms with Gasteiger partial charge < -0.3 is 9.47 Å². The molecule has 4 nitrogen and oxygen atoms in total. The highest BCUT2D eigenvalue weighted by atomic mass is 16.5. The summed E-state index contributed by atoms with van der Waals surface area (Å²) in [4.78, 5) is 22.9. The molecule has 1 saturated carbocycles. The van der Waals surface area contributed by atoms with Crippen LogP contribution >= 0.6 is 0 Å². The molecule has 0 N–H and O–H groups in total. The second-order valence-corrected chi connectivity index (χ2v) is 10.1. The molecule has 1 aliphatic rings. The Labute approximate surface area is 186 Å². The third kappa shape index (κ3) is 5.00. The van der Waals surface area contributed by atoms with E-state index in [-0.39, 0.29) is 22.8 Å². The van der Waals surface area contributed by atoms with Crippen molar-refractivity contribution in [3.05, 3.63) is 58.7 Å². The molecule has 2 aromatic carbocycles. The van der Waals surface area contributed by atoms with Crippen molar-refractivity contribution in [2.45, 2.75) is 73.1 Å². The van der Waals surface area contributed by atoms with Crippen LogP contribution < -0.4 is 9.47 Å². The van der Waals surface area contributed by atoms with E-state index in [2.05, 4.69) is 45.0 Å². The number of ether oxygens (including phenoxy) is 2. The molecule has 0 bridgehead atoms. The van der Waals surface area contributed by atoms with E-state index in [9.17, 15) is 9.59 Å². The minimum atomic E-state index is -0.310. The Morgan fingerprint density at radius 1 is 0.839 bits per heavy atom. The standard InChI is InChI=1S/C27H34O4/c1-17-14-26(6,7)16-27(15-17,22-8-10-24(18(2)12-22)30-20(4)28)23-9-11-25(19(3)13-23)31-21(5)29/h8-13,17H,14-16H2,1-7H3. The van der Waals surface area contributed by atoms with Crippen LogP contribution in [0.25, 0.3) is 0 Å². The molecule has 0 heterocycles. The molecule has 0 amide bonds. The summed E-state index contributed by atoms with van der Waals surface area (Å²) in [7, 11) is 0. The monoisotopic (exact) mass is 422 g/mol. The van der Waals surface area contributed by atoms with Crippen LogP contribution in [0.1, 0.15) is 76.1 Å². The minimum absolute atomic E-state index is 0.166. The summed E-state index contributed by atoms with van der Waals surface area (Å²) in [6.07, 6.45) is 3.24. The number of esters is 2. The van der Waals surface area contributed by atoms with Crippen LogP contribution in [-0.4, -0.2) is 11.9 Å². The van der Waals surface area contributed by atoms with Crippen molar-refractivity contribution in [1.29, 1.82) is 0 Å². The average molecular weight is 423 g/mol. The first-order valence-electron chi connectivity index (χ1n) is 11.0. The van der Waals surface area contributed by atoms with Crippen molar-refractivity contribution in [3.63, 3.8) is 0 Å². The smallest absolute Gasteiger partial charge is 0.308 e. The molecule has 0 radical (unpaired) electrons. The van der Waals surface area contributed by atoms with Gasteiger partial charge in [-0.25, -0.2) is 0 Å². The van der Waals surface area contributed by atoms with Crippen LogP contribution in [0.3, 0.4) is 0 Å². The molecule has 4 heteroatoms. The highest BCUT2D eigenvalue weighted by Crippen LogP contribution is 2.54. The Kier molecular flexibility index (Phi) is 6.31. The zero-order chi connectivity index (χ0) is 23.0. The summed E-state index contributed by atoms with van der Waals surface area (Å²) >= 11 is 0. The molecule has 1 fully saturated rings. The molecular formula is C27H34O4. The number of hydrogen-bond acceptors (Lipinski definition) is 4. The molecule has 1 unspecified atom stereocenters. The van der Waals surface area contributed by atoms with Gasteiger partial charge >= 0.3 is 11.9 Å². The highest BCUT2D eigenvalue weighted by molar-refractivity contribution is 5.70. The Bertz CT molecular complexity index is 937. The van der Waals surface area contributed by atoms with Crippen molar-refractivity contribution in [2.24, 2.45) is 11.3 Å². The molecule has 0 aliphatic heterocycles. The Balaban J connectivity index is 2.15. The maximum absolute atomic E-state index is 11.5. The van der Waals surface area contributed by atoms with Crippen LogP contribution in [0, 0.1) is 25.2 Å². The molecule has 1 aliphatic carbocycles. The van der Waals surface area contributed by atoms with E-state index in [1.807, 2.05) is 26.0 Å². The lowest BCUT2D eigenvalue weighted by Gasteiger charge is -2.49. The van der Waals surface area contributed by atoms with Gasteiger partial charge in [0.2, 0.25) is 0 Å². The van der Waals surface area contributed by atoms with Gasteiger partial charge in [-0.15, -0.1) is 0 Å². The quantitative estimate of drug-likeness (QED) is 0.429. The normalized spacial score (nSPS) is 19.5. The Morgan fingerprint density at radius 2 is 1.29 bits per heavy atom. The van der Waals surface area contributed by atoms with E-state index >= 15 is 0 Å². The molecule has 2 aromatic rings. The van der Waals surface area contributed by atoms with E-state index in [0.29, 0.717) is 17.4 Å². The zero-order valence-electron chi connectivity index (χ0n) is 19.8. The zero-order valence-corrected chi connectivity index (χ0v) is 19.8. The maximum atomic E-state index is 11.5. The van der Waals surface area contributed by atoms with E-state index in [1.54, 1.807) is 0 Å². The van der Waals surface area contributed by atoms with E-state index in [4.69, 9.17) is 9.47 Å². The number of carbonyl (C=O) groups is 2. The summed E-state index contributed by atoms with van der Waals surface area (Å²) in [5, 5.41) is 0. The van der Waals surface area contributed by atoms with Crippen LogP contribution in [0.15, 0.2) is 36.4 Å². The SMILES string of the molecule is CC(=O)Oc1ccc(C2(c3ccc(OC(C)=O)c(C)c3)CC(C)CC(C)(C)C2)cc1C. The van der Waals surface area contributed by atoms with Gasteiger partial charge in [-0.1, -0.05) is 45.0 Å². The fraction of sp³-hybridized carbons (Fsp3) is 0.481. The maximum Gasteiger partial charge on any atom is 0.308 e. The van der Waals surface area contributed by atoms with Crippen molar-refractivity contribution >= 4 is 11.9 Å². The molecule has 0 aromatic heterocycles. The molecular weight excluding hydrogens is 388 g/mol. The predicted molar refractivity (Wildman–Crippen MR) is 123 cm³/mol. The summed E-state index contributed by atoms with van der Waals surface area (Å²) in [6.45, 7) is 13.8. The topological polar surface area (TPSA) is 52.6 Å². The van der Waals surface area contributed by atoms with Crippen molar-refractivity contribution in [2.75, 3.05) is 0 Å². The van der Waals surface area contributed by atoms with Crippen LogP contribution in [0.2, 0.25) is 0 Å². The summed E-state index contributed by atoms with van der Waals surface area (Å²) < 4.78 is 10.7. The average Bonchev–Trinajstić information content (AvgIpc) is 2.62. The van der Waals surface area contributed by atoms with Gasteiger partial charge in [-0.05, 0) is 78.8 Å². The van der Waals surface area contributed by atoms with Crippen LogP contribution in [-0.2, 0) is 15.0 Å². The molecule has 0 saturated heterocycles. The fourth-order valence-electron chi connectivity index (χ4n) is 5.61. The van der Waals surface area contributed by atoms with Gasteiger partial charge in [0, 0.05) is 19.3 Å². The van der Waals surface area contributed by atoms with Gasteiger partial charge in [0.05, 0.1) is 0 Å². The van der Waals surface area contributed by atoms with Crippen LogP contribution in [0.5, 0.6) is 11.5 Å². The van der Waals surface area contributed by atoms with Gasteiger partial charge in [0.25, 0.3) is 0 Å². The third-order valence-corrected chi connectivity index (χ3v) is 6.34. The number of carbonyl (C=O) groups excluding carboxylic acids is 2. The second kappa shape index (κ2) is 8.49. The molecule has 0 spiro atoms. The van der Waals surface area contributed by atoms with Gasteiger partial charge in [-0.3, -0.25) is 9.59 Å². The lowest BCUT2D eigenvalue weighted by molar-refractivity contribution is -0.132. The van der Waals surface area contributed by atoms with E-state index in [1.165, 1.54) is 31.4 Å². The summed E-state index contributed by atoms with van der Waals surface area (Å²) in [5.41, 5.74) is 4.40. The second-order valence-electron chi connectivity index (χ2n) is 10.1.